The van der Waals surface area contributed by atoms with Crippen LogP contribution < -0.4 is 10.6 Å². The Labute approximate surface area is 284 Å². The standard InChI is InChI=1S/C41H43N7/c1-6-8-10-11-18-25-38(43-4)46-41(45-30-33-20-14-12-15-21-33)48-37(24-9-7-2)32(3)35-26-27-36(34-22-16-13-17-23-34)39(40(35)48)47(5)31-44-29-19-28-42/h6-29H,2,4,30-31,42H2,1,3,5H3/b8-6-,11-10-,24-9-,25-18+,28-19-,44-29?,45-41?,46-38?. The summed E-state index contributed by atoms with van der Waals surface area (Å²) in [4.78, 5) is 21.2. The lowest BCUT2D eigenvalue weighted by atomic mass is 10.00. The van der Waals surface area contributed by atoms with Crippen LogP contribution in [0.3, 0.4) is 0 Å². The van der Waals surface area contributed by atoms with Crippen molar-refractivity contribution in [2.24, 2.45) is 25.7 Å². The Kier molecular flexibility index (Phi) is 13.2. The minimum absolute atomic E-state index is 0.395. The maximum Gasteiger partial charge on any atom is 0.232 e. The number of aryl methyl sites for hydroxylation is 1. The third kappa shape index (κ3) is 8.79. The number of amidine groups is 1. The summed E-state index contributed by atoms with van der Waals surface area (Å²) in [5.74, 6) is 0.900. The SMILES string of the molecule is C=C/C=C\c1c(C)c2ccc(-c3ccccc3)c(N(C)CN=C/C=C\N)c2n1C(N=C(/C=C/C=C\C=C/C)N=C)=NCc1ccccc1. The Morgan fingerprint density at radius 3 is 2.33 bits per heavy atom. The number of nitrogens with zero attached hydrogens (tertiary/aromatic N) is 6. The third-order valence-electron chi connectivity index (χ3n) is 7.45. The van der Waals surface area contributed by atoms with E-state index in [9.17, 15) is 0 Å². The van der Waals surface area contributed by atoms with Crippen LogP contribution in [-0.4, -0.2) is 43.0 Å². The van der Waals surface area contributed by atoms with Crippen LogP contribution in [0.2, 0.25) is 0 Å². The van der Waals surface area contributed by atoms with Gasteiger partial charge >= 0.3 is 0 Å². The number of allylic oxidation sites excluding steroid dienone is 8. The molecule has 3 aromatic carbocycles. The van der Waals surface area contributed by atoms with Crippen molar-refractivity contribution < 1.29 is 0 Å². The molecule has 2 N–H and O–H groups in total. The van der Waals surface area contributed by atoms with E-state index in [1.165, 1.54) is 6.20 Å². The van der Waals surface area contributed by atoms with Gasteiger partial charge < -0.3 is 10.6 Å². The monoisotopic (exact) mass is 633 g/mol. The first-order chi connectivity index (χ1) is 23.5. The van der Waals surface area contributed by atoms with Crippen LogP contribution in [0.5, 0.6) is 0 Å². The predicted octanol–water partition coefficient (Wildman–Crippen LogP) is 8.94. The molecule has 0 aliphatic heterocycles. The number of aliphatic imine (C=N–C) groups is 4. The van der Waals surface area contributed by atoms with E-state index in [0.29, 0.717) is 25.0 Å². The van der Waals surface area contributed by atoms with Crippen LogP contribution in [0.1, 0.15) is 23.7 Å². The summed E-state index contributed by atoms with van der Waals surface area (Å²) in [6.45, 7) is 12.7. The van der Waals surface area contributed by atoms with Gasteiger partial charge in [-0.15, -0.1) is 0 Å². The fraction of sp³-hybridized carbons (Fsp3) is 0.122. The first kappa shape index (κ1) is 34.8. The molecule has 0 atom stereocenters. The molecule has 48 heavy (non-hydrogen) atoms. The molecule has 0 bridgehead atoms. The Hall–Kier alpha value is -6.08. The van der Waals surface area contributed by atoms with Gasteiger partial charge in [-0.25, -0.2) is 9.98 Å². The van der Waals surface area contributed by atoms with Crippen molar-refractivity contribution in [3.63, 3.8) is 0 Å². The lowest BCUT2D eigenvalue weighted by Crippen LogP contribution is -2.21. The lowest BCUT2D eigenvalue weighted by Gasteiger charge is -2.24. The average Bonchev–Trinajstić information content (AvgIpc) is 3.40. The summed E-state index contributed by atoms with van der Waals surface area (Å²) in [6.07, 6.45) is 22.1. The van der Waals surface area contributed by atoms with Gasteiger partial charge in [-0.05, 0) is 61.7 Å². The number of hydrogen-bond donors (Lipinski definition) is 1. The second kappa shape index (κ2) is 18.2. The molecule has 0 radical (unpaired) electrons. The molecule has 4 rings (SSSR count). The third-order valence-corrected chi connectivity index (χ3v) is 7.45. The van der Waals surface area contributed by atoms with Gasteiger partial charge in [0.05, 0.1) is 23.4 Å². The molecule has 1 heterocycles. The summed E-state index contributed by atoms with van der Waals surface area (Å²) in [5, 5.41) is 1.06. The molecular weight excluding hydrogens is 591 g/mol. The average molecular weight is 634 g/mol. The molecule has 0 unspecified atom stereocenters. The molecule has 0 saturated carbocycles. The lowest BCUT2D eigenvalue weighted by molar-refractivity contribution is 0.938. The summed E-state index contributed by atoms with van der Waals surface area (Å²) in [6, 6.07) is 24.8. The highest BCUT2D eigenvalue weighted by atomic mass is 15.2. The molecule has 0 saturated heterocycles. The number of anilines is 1. The summed E-state index contributed by atoms with van der Waals surface area (Å²) < 4.78 is 2.12. The molecule has 4 aromatic rings. The van der Waals surface area contributed by atoms with Crippen molar-refractivity contribution in [3.8, 4) is 11.1 Å². The second-order valence-electron chi connectivity index (χ2n) is 10.7. The molecule has 0 aliphatic rings. The predicted molar refractivity (Wildman–Crippen MR) is 209 cm³/mol. The van der Waals surface area contributed by atoms with E-state index in [0.717, 1.165) is 44.5 Å². The van der Waals surface area contributed by atoms with Crippen molar-refractivity contribution >= 4 is 47.4 Å². The molecule has 0 fully saturated rings. The Morgan fingerprint density at radius 2 is 1.65 bits per heavy atom. The van der Waals surface area contributed by atoms with E-state index in [1.54, 1.807) is 18.4 Å². The first-order valence-corrected chi connectivity index (χ1v) is 15.7. The largest absolute Gasteiger partial charge is 0.405 e. The summed E-state index contributed by atoms with van der Waals surface area (Å²) in [7, 11) is 2.04. The van der Waals surface area contributed by atoms with Crippen molar-refractivity contribution in [1.29, 1.82) is 0 Å². The topological polar surface area (TPSA) is 83.6 Å². The maximum absolute atomic E-state index is 5.57. The van der Waals surface area contributed by atoms with E-state index in [4.69, 9.17) is 15.7 Å². The molecular formula is C41H43N7. The van der Waals surface area contributed by atoms with Gasteiger partial charge in [0, 0.05) is 24.2 Å². The highest BCUT2D eigenvalue weighted by Gasteiger charge is 2.24. The van der Waals surface area contributed by atoms with Crippen LogP contribution in [0.4, 0.5) is 5.69 Å². The van der Waals surface area contributed by atoms with Crippen LogP contribution in [0, 0.1) is 6.92 Å². The number of rotatable bonds is 12. The van der Waals surface area contributed by atoms with E-state index >= 15 is 0 Å². The van der Waals surface area contributed by atoms with Gasteiger partial charge in [0.1, 0.15) is 6.67 Å². The van der Waals surface area contributed by atoms with E-state index in [1.807, 2.05) is 99.0 Å². The van der Waals surface area contributed by atoms with Gasteiger partial charge in [0.25, 0.3) is 0 Å². The van der Waals surface area contributed by atoms with E-state index < -0.39 is 0 Å². The molecule has 1 aromatic heterocycles. The Morgan fingerprint density at radius 1 is 0.917 bits per heavy atom. The molecule has 7 heteroatoms. The molecule has 0 spiro atoms. The number of benzene rings is 3. The fourth-order valence-corrected chi connectivity index (χ4v) is 5.20. The van der Waals surface area contributed by atoms with Crippen LogP contribution in [0.25, 0.3) is 28.1 Å². The zero-order chi connectivity index (χ0) is 34.1. The number of hydrogen-bond acceptors (Lipinski definition) is 4. The number of nitrogens with two attached hydrogens (primary N) is 1. The van der Waals surface area contributed by atoms with Gasteiger partial charge in [-0.3, -0.25) is 9.56 Å². The summed E-state index contributed by atoms with van der Waals surface area (Å²) >= 11 is 0. The number of fused-ring (bicyclic) bond motifs is 1. The highest BCUT2D eigenvalue weighted by molar-refractivity contribution is 6.12. The Bertz CT molecular complexity index is 1930. The highest BCUT2D eigenvalue weighted by Crippen LogP contribution is 2.41. The van der Waals surface area contributed by atoms with Gasteiger partial charge in [-0.2, -0.15) is 4.99 Å². The molecule has 242 valence electrons. The van der Waals surface area contributed by atoms with E-state index in [2.05, 4.69) is 76.1 Å². The number of aromatic nitrogens is 1. The smallest absolute Gasteiger partial charge is 0.232 e. The Balaban J connectivity index is 2.11. The van der Waals surface area contributed by atoms with E-state index in [-0.39, 0.29) is 0 Å². The zero-order valence-corrected chi connectivity index (χ0v) is 27.9. The van der Waals surface area contributed by atoms with Crippen molar-refractivity contribution in [1.82, 2.24) is 4.57 Å². The normalized spacial score (nSPS) is 13.1. The zero-order valence-electron chi connectivity index (χ0n) is 27.9. The maximum atomic E-state index is 5.57. The van der Waals surface area contributed by atoms with Gasteiger partial charge in [0.2, 0.25) is 5.96 Å². The first-order valence-electron chi connectivity index (χ1n) is 15.7. The molecule has 0 amide bonds. The van der Waals surface area contributed by atoms with Gasteiger partial charge in [-0.1, -0.05) is 122 Å². The van der Waals surface area contributed by atoms with Crippen molar-refractivity contribution in [2.45, 2.75) is 20.4 Å². The molecule has 7 nitrogen and oxygen atoms in total. The molecule has 0 aliphatic carbocycles. The second-order valence-corrected chi connectivity index (χ2v) is 10.7. The van der Waals surface area contributed by atoms with Crippen molar-refractivity contribution in [3.05, 3.63) is 157 Å². The summed E-state index contributed by atoms with van der Waals surface area (Å²) in [5.41, 5.74) is 12.7. The minimum Gasteiger partial charge on any atom is -0.405 e. The van der Waals surface area contributed by atoms with Crippen LogP contribution >= 0.6 is 0 Å². The minimum atomic E-state index is 0.395. The fourth-order valence-electron chi connectivity index (χ4n) is 5.20. The quantitative estimate of drug-likeness (QED) is 0.0960. The van der Waals surface area contributed by atoms with Crippen LogP contribution in [0.15, 0.2) is 160 Å². The van der Waals surface area contributed by atoms with Gasteiger partial charge in [0.15, 0.2) is 5.84 Å². The van der Waals surface area contributed by atoms with Crippen molar-refractivity contribution in [2.75, 3.05) is 18.6 Å². The van der Waals surface area contributed by atoms with Crippen LogP contribution in [-0.2, 0) is 6.54 Å².